The first-order chi connectivity index (χ1) is 21.3. The maximum atomic E-state index is 15.6. The highest BCUT2D eigenvalue weighted by molar-refractivity contribution is 5.99. The van der Waals surface area contributed by atoms with E-state index in [1.165, 1.54) is 19.2 Å². The van der Waals surface area contributed by atoms with Gasteiger partial charge < -0.3 is 30.5 Å². The fourth-order valence-corrected chi connectivity index (χ4v) is 6.38. The zero-order valence-corrected chi connectivity index (χ0v) is 26.9. The number of halogens is 2. The molecule has 5 atom stereocenters. The third-order valence-corrected chi connectivity index (χ3v) is 10.2. The van der Waals surface area contributed by atoms with Crippen LogP contribution in [0.3, 0.4) is 0 Å². The van der Waals surface area contributed by atoms with Crippen molar-refractivity contribution in [3.05, 3.63) is 29.6 Å². The molecule has 0 aromatic heterocycles. The van der Waals surface area contributed by atoms with Gasteiger partial charge in [-0.05, 0) is 94.9 Å². The smallest absolute Gasteiger partial charge is 0.258 e. The number of methoxy groups -OCH3 is 1. The molecule has 10 nitrogen and oxygen atoms in total. The average molecular weight is 632 g/mol. The molecule has 45 heavy (non-hydrogen) atoms. The van der Waals surface area contributed by atoms with Gasteiger partial charge in [-0.25, -0.2) is 8.78 Å². The molecule has 4 amide bonds. The van der Waals surface area contributed by atoms with Gasteiger partial charge in [-0.3, -0.25) is 19.2 Å². The van der Waals surface area contributed by atoms with E-state index in [9.17, 15) is 23.6 Å². The molecular weight excluding hydrogens is 584 g/mol. The first-order valence-corrected chi connectivity index (χ1v) is 16.2. The van der Waals surface area contributed by atoms with Gasteiger partial charge in [0.1, 0.15) is 24.0 Å². The molecule has 3 saturated carbocycles. The summed E-state index contributed by atoms with van der Waals surface area (Å²) in [6.07, 6.45) is 3.31. The van der Waals surface area contributed by atoms with Gasteiger partial charge in [0.2, 0.25) is 17.7 Å². The predicted octanol–water partition coefficient (Wildman–Crippen LogP) is 2.97. The minimum Gasteiger partial charge on any atom is -0.372 e. The standard InChI is InChI=1S/C33H47F2N5O5/c1-18-17-40(15-14-39(18)4)31(43)27(37-29(41)20(3)45-5)19(2)23-10-11-25(24(34)16-23)36-30(42)28(38-32(44)33(35)12-13-33)26(21-6-7-21)22-8-9-22/h10-11,16,18-22,26-28H,6-9,12-15,17H2,1-5H3,(H,36,42)(H,37,41)(H,38,44)/t18-,19+,20+,27-,28+/m1/s1. The van der Waals surface area contributed by atoms with Crippen molar-refractivity contribution in [3.8, 4) is 0 Å². The third-order valence-electron chi connectivity index (χ3n) is 10.2. The fraction of sp³-hybridized carbons (Fsp3) is 0.697. The van der Waals surface area contributed by atoms with Crippen LogP contribution in [0.5, 0.6) is 0 Å². The van der Waals surface area contributed by atoms with Crippen LogP contribution in [-0.4, -0.2) is 97.1 Å². The van der Waals surface area contributed by atoms with Gasteiger partial charge in [0.05, 0.1) is 5.69 Å². The maximum Gasteiger partial charge on any atom is 0.258 e. The van der Waals surface area contributed by atoms with Crippen molar-refractivity contribution >= 4 is 29.3 Å². The molecule has 1 saturated heterocycles. The summed E-state index contributed by atoms with van der Waals surface area (Å²) in [4.78, 5) is 56.7. The number of carbonyl (C=O) groups excluding carboxylic acids is 4. The Morgan fingerprint density at radius 3 is 2.16 bits per heavy atom. The Labute approximate surface area is 264 Å². The van der Waals surface area contributed by atoms with Crippen LogP contribution in [0.4, 0.5) is 14.5 Å². The number of amides is 4. The van der Waals surface area contributed by atoms with E-state index in [0.717, 1.165) is 25.7 Å². The van der Waals surface area contributed by atoms with E-state index in [1.807, 2.05) is 14.0 Å². The van der Waals surface area contributed by atoms with Crippen LogP contribution in [0.2, 0.25) is 0 Å². The van der Waals surface area contributed by atoms with Crippen LogP contribution in [0.1, 0.15) is 70.8 Å². The van der Waals surface area contributed by atoms with Gasteiger partial charge in [0.15, 0.2) is 5.67 Å². The molecule has 5 rings (SSSR count). The summed E-state index contributed by atoms with van der Waals surface area (Å²) in [5.41, 5.74) is -1.54. The number of nitrogens with one attached hydrogen (secondary N) is 3. The molecule has 1 aliphatic heterocycles. The number of hydrogen-bond acceptors (Lipinski definition) is 6. The van der Waals surface area contributed by atoms with Crippen molar-refractivity contribution in [1.82, 2.24) is 20.4 Å². The second-order valence-corrected chi connectivity index (χ2v) is 13.7. The summed E-state index contributed by atoms with van der Waals surface area (Å²) >= 11 is 0. The summed E-state index contributed by atoms with van der Waals surface area (Å²) in [6, 6.07) is 2.52. The first-order valence-electron chi connectivity index (χ1n) is 16.2. The Hall–Kier alpha value is -3.12. The SMILES string of the molecule is CO[C@@H](C)C(=O)N[C@@H](C(=O)N1CCN(C)[C@H](C)C1)[C@@H](C)c1ccc(NC(=O)[C@@H](NC(=O)C2(F)CC2)C(C2CC2)C2CC2)c(F)c1. The number of carbonyl (C=O) groups is 4. The number of alkyl halides is 1. The van der Waals surface area contributed by atoms with E-state index >= 15 is 4.39 Å². The highest BCUT2D eigenvalue weighted by Gasteiger charge is 2.54. The van der Waals surface area contributed by atoms with Crippen LogP contribution in [0.15, 0.2) is 18.2 Å². The Bertz CT molecular complexity index is 1290. The molecule has 1 aromatic rings. The summed E-state index contributed by atoms with van der Waals surface area (Å²) < 4.78 is 35.4. The largest absolute Gasteiger partial charge is 0.372 e. The molecule has 3 N–H and O–H groups in total. The minimum atomic E-state index is -1.92. The molecule has 0 unspecified atom stereocenters. The average Bonchev–Trinajstić information content (AvgIpc) is 3.87. The molecule has 3 aliphatic carbocycles. The Kier molecular flexibility index (Phi) is 9.84. The van der Waals surface area contributed by atoms with Crippen molar-refractivity contribution in [2.45, 2.75) is 95.1 Å². The first kappa shape index (κ1) is 33.2. The number of nitrogens with zero attached hydrogens (tertiary/aromatic N) is 2. The molecule has 1 aromatic carbocycles. The molecule has 1 heterocycles. The number of benzene rings is 1. The number of likely N-dealkylation sites (N-methyl/N-ethyl adjacent to an activating group) is 1. The Balaban J connectivity index is 1.33. The number of piperazine rings is 1. The van der Waals surface area contributed by atoms with E-state index in [0.29, 0.717) is 25.2 Å². The lowest BCUT2D eigenvalue weighted by atomic mass is 9.88. The number of anilines is 1. The third kappa shape index (κ3) is 7.65. The highest BCUT2D eigenvalue weighted by Crippen LogP contribution is 2.51. The Morgan fingerprint density at radius 1 is 0.978 bits per heavy atom. The van der Waals surface area contributed by atoms with E-state index in [2.05, 4.69) is 20.9 Å². The second-order valence-electron chi connectivity index (χ2n) is 13.7. The van der Waals surface area contributed by atoms with Gasteiger partial charge in [-0.15, -0.1) is 0 Å². The van der Waals surface area contributed by atoms with Crippen molar-refractivity contribution in [2.24, 2.45) is 17.8 Å². The fourth-order valence-electron chi connectivity index (χ4n) is 6.38. The van der Waals surface area contributed by atoms with Gasteiger partial charge in [-0.2, -0.15) is 0 Å². The van der Waals surface area contributed by atoms with Crippen molar-refractivity contribution in [2.75, 3.05) is 39.1 Å². The predicted molar refractivity (Wildman–Crippen MR) is 164 cm³/mol. The molecular formula is C33H47F2N5O5. The molecule has 12 heteroatoms. The molecule has 0 bridgehead atoms. The zero-order valence-electron chi connectivity index (χ0n) is 26.9. The lowest BCUT2D eigenvalue weighted by Crippen LogP contribution is -2.58. The molecule has 4 fully saturated rings. The van der Waals surface area contributed by atoms with Crippen LogP contribution < -0.4 is 16.0 Å². The summed E-state index contributed by atoms with van der Waals surface area (Å²) in [6.45, 7) is 7.05. The number of rotatable bonds is 13. The monoisotopic (exact) mass is 631 g/mol. The number of ether oxygens (including phenoxy) is 1. The maximum absolute atomic E-state index is 15.6. The van der Waals surface area contributed by atoms with Gasteiger partial charge in [-0.1, -0.05) is 13.0 Å². The topological polar surface area (TPSA) is 120 Å². The van der Waals surface area contributed by atoms with Gasteiger partial charge in [0.25, 0.3) is 5.91 Å². The second kappa shape index (κ2) is 13.3. The summed E-state index contributed by atoms with van der Waals surface area (Å²) in [5, 5.41) is 8.15. The van der Waals surface area contributed by atoms with Crippen LogP contribution in [0, 0.1) is 23.6 Å². The minimum absolute atomic E-state index is 0.0743. The van der Waals surface area contributed by atoms with Crippen molar-refractivity contribution in [3.63, 3.8) is 0 Å². The van der Waals surface area contributed by atoms with Gasteiger partial charge in [0, 0.05) is 38.7 Å². The van der Waals surface area contributed by atoms with E-state index in [-0.39, 0.29) is 48.2 Å². The summed E-state index contributed by atoms with van der Waals surface area (Å²) in [7, 11) is 3.40. The van der Waals surface area contributed by atoms with Crippen molar-refractivity contribution < 1.29 is 32.7 Å². The van der Waals surface area contributed by atoms with Crippen LogP contribution >= 0.6 is 0 Å². The normalized spacial score (nSPS) is 23.9. The van der Waals surface area contributed by atoms with E-state index in [4.69, 9.17) is 4.74 Å². The number of hydrogen-bond donors (Lipinski definition) is 3. The molecule has 4 aliphatic rings. The molecule has 248 valence electrons. The lowest BCUT2D eigenvalue weighted by Gasteiger charge is -2.40. The Morgan fingerprint density at radius 2 is 1.62 bits per heavy atom. The zero-order chi connectivity index (χ0) is 32.6. The van der Waals surface area contributed by atoms with E-state index in [1.54, 1.807) is 24.8 Å². The summed E-state index contributed by atoms with van der Waals surface area (Å²) in [5.74, 6) is -2.92. The molecule has 0 spiro atoms. The van der Waals surface area contributed by atoms with Crippen LogP contribution in [0.25, 0.3) is 0 Å². The van der Waals surface area contributed by atoms with Gasteiger partial charge >= 0.3 is 0 Å². The molecule has 0 radical (unpaired) electrons. The van der Waals surface area contributed by atoms with Crippen molar-refractivity contribution in [1.29, 1.82) is 0 Å². The lowest BCUT2D eigenvalue weighted by molar-refractivity contribution is -0.141. The van der Waals surface area contributed by atoms with E-state index < -0.39 is 53.3 Å². The highest BCUT2D eigenvalue weighted by atomic mass is 19.1. The van der Waals surface area contributed by atoms with Crippen LogP contribution in [-0.2, 0) is 23.9 Å². The quantitative estimate of drug-likeness (QED) is 0.308.